The number of hydrogen-bond acceptors (Lipinski definition) is 7. The van der Waals surface area contributed by atoms with Gasteiger partial charge in [0.25, 0.3) is 0 Å². The lowest BCUT2D eigenvalue weighted by molar-refractivity contribution is -0.235. The second kappa shape index (κ2) is 10.6. The van der Waals surface area contributed by atoms with Gasteiger partial charge in [0.05, 0.1) is 12.2 Å². The SMILES string of the molecule is CNc1cccc([C@@H](C)c2ccc([C@@H]3O[C@@H]4C[C@H]5C6C[C@H](F)C7=CC(=O)C=C[C@]7(C)[C@@]6(F)[C@@H](O)C[C@]5(C)[C@]4(C(=O)CO)O3)cc2)c1. The first kappa shape index (κ1) is 31.4. The van der Waals surface area contributed by atoms with Gasteiger partial charge in [0.1, 0.15) is 12.8 Å². The van der Waals surface area contributed by atoms with E-state index in [1.807, 2.05) is 43.4 Å². The van der Waals surface area contributed by atoms with Crippen LogP contribution in [0.3, 0.4) is 0 Å². The van der Waals surface area contributed by atoms with Crippen LogP contribution in [0.2, 0.25) is 0 Å². The van der Waals surface area contributed by atoms with Gasteiger partial charge < -0.3 is 25.0 Å². The zero-order chi connectivity index (χ0) is 32.8. The number of aliphatic hydroxyl groups is 2. The fourth-order valence-corrected chi connectivity index (χ4v) is 9.81. The summed E-state index contributed by atoms with van der Waals surface area (Å²) in [6.07, 6.45) is -1.37. The Morgan fingerprint density at radius 1 is 1.11 bits per heavy atom. The molecule has 0 spiro atoms. The highest BCUT2D eigenvalue weighted by Crippen LogP contribution is 2.72. The molecule has 11 atom stereocenters. The summed E-state index contributed by atoms with van der Waals surface area (Å²) in [5, 5.41) is 25.1. The summed E-state index contributed by atoms with van der Waals surface area (Å²) in [5.74, 6) is -2.48. The van der Waals surface area contributed by atoms with Crippen molar-refractivity contribution in [3.05, 3.63) is 89.0 Å². The summed E-state index contributed by atoms with van der Waals surface area (Å²) in [6.45, 7) is 4.63. The number of benzene rings is 2. The highest BCUT2D eigenvalue weighted by Gasteiger charge is 2.80. The monoisotopic (exact) mass is 633 g/mol. The molecule has 0 bridgehead atoms. The Hall–Kier alpha value is -3.24. The molecule has 0 radical (unpaired) electrons. The van der Waals surface area contributed by atoms with Crippen LogP contribution in [0.1, 0.15) is 68.9 Å². The van der Waals surface area contributed by atoms with Crippen LogP contribution >= 0.6 is 0 Å². The lowest BCUT2D eigenvalue weighted by Gasteiger charge is -2.63. The number of aliphatic hydroxyl groups excluding tert-OH is 2. The largest absolute Gasteiger partial charge is 0.390 e. The quantitative estimate of drug-likeness (QED) is 0.385. The van der Waals surface area contributed by atoms with E-state index in [9.17, 15) is 19.8 Å². The molecule has 244 valence electrons. The van der Waals surface area contributed by atoms with E-state index in [0.717, 1.165) is 22.9 Å². The fourth-order valence-electron chi connectivity index (χ4n) is 9.81. The molecule has 0 aromatic heterocycles. The number of nitrogens with one attached hydrogen (secondary N) is 1. The first-order valence-electron chi connectivity index (χ1n) is 16.2. The van der Waals surface area contributed by atoms with Gasteiger partial charge >= 0.3 is 0 Å². The van der Waals surface area contributed by atoms with E-state index >= 15 is 8.78 Å². The second-order valence-corrected chi connectivity index (χ2v) is 14.3. The number of fused-ring (bicyclic) bond motifs is 7. The zero-order valence-electron chi connectivity index (χ0n) is 26.5. The van der Waals surface area contributed by atoms with Crippen LogP contribution in [0.4, 0.5) is 14.5 Å². The van der Waals surface area contributed by atoms with Gasteiger partial charge in [0.2, 0.25) is 0 Å². The molecule has 1 heterocycles. The zero-order valence-corrected chi connectivity index (χ0v) is 26.5. The van der Waals surface area contributed by atoms with Gasteiger partial charge in [-0.3, -0.25) is 9.59 Å². The molecule has 0 amide bonds. The standard InChI is InChI=1S/C37H41F2NO6/c1-20(23-6-5-7-24(14-23)40-4)21-8-10-22(11-9-21)33-45-32-17-26-27-16-29(38)28-15-25(42)12-13-34(28,2)36(27,39)30(43)18-35(26,3)37(32,46-33)31(44)19-41/h5-15,20,26-27,29-30,32-33,40-41,43H,16-19H2,1-4H3/t20-,26-,27?,29-,30-,32+,33+,34-,35-,36-,37+/m0/s1. The molecule has 4 aliphatic carbocycles. The summed E-state index contributed by atoms with van der Waals surface area (Å²) in [4.78, 5) is 25.9. The minimum absolute atomic E-state index is 0.0424. The third-order valence-corrected chi connectivity index (χ3v) is 12.3. The summed E-state index contributed by atoms with van der Waals surface area (Å²) in [5.41, 5.74) is -2.66. The van der Waals surface area contributed by atoms with Gasteiger partial charge in [-0.05, 0) is 73.1 Å². The van der Waals surface area contributed by atoms with Crippen molar-refractivity contribution in [1.29, 1.82) is 0 Å². The highest BCUT2D eigenvalue weighted by molar-refractivity contribution is 6.01. The molecule has 46 heavy (non-hydrogen) atoms. The number of allylic oxidation sites excluding steroid dienone is 4. The molecule has 3 N–H and O–H groups in total. The Morgan fingerprint density at radius 3 is 2.54 bits per heavy atom. The molecule has 1 saturated heterocycles. The predicted molar refractivity (Wildman–Crippen MR) is 167 cm³/mol. The summed E-state index contributed by atoms with van der Waals surface area (Å²) in [6, 6.07) is 16.0. The third-order valence-electron chi connectivity index (χ3n) is 12.3. The average Bonchev–Trinajstić information content (AvgIpc) is 3.56. The molecule has 1 unspecified atom stereocenters. The van der Waals surface area contributed by atoms with Crippen LogP contribution in [0.15, 0.2) is 72.3 Å². The Morgan fingerprint density at radius 2 is 1.85 bits per heavy atom. The number of Topliss-reactive ketones (excluding diaryl/α,β-unsaturated/α-hetero) is 1. The Labute approximate surface area is 267 Å². The van der Waals surface area contributed by atoms with Gasteiger partial charge in [-0.25, -0.2) is 8.78 Å². The van der Waals surface area contributed by atoms with Crippen molar-refractivity contribution in [3.8, 4) is 0 Å². The first-order valence-corrected chi connectivity index (χ1v) is 16.2. The normalized spacial score (nSPS) is 41.6. The van der Waals surface area contributed by atoms with Gasteiger partial charge in [-0.15, -0.1) is 0 Å². The van der Waals surface area contributed by atoms with E-state index in [4.69, 9.17) is 9.47 Å². The van der Waals surface area contributed by atoms with Gasteiger partial charge in [0.15, 0.2) is 29.1 Å². The number of anilines is 1. The minimum atomic E-state index is -2.29. The van der Waals surface area contributed by atoms with Gasteiger partial charge in [-0.1, -0.05) is 56.3 Å². The predicted octanol–water partition coefficient (Wildman–Crippen LogP) is 5.52. The second-order valence-electron chi connectivity index (χ2n) is 14.3. The number of rotatable bonds is 6. The number of carbonyl (C=O) groups excluding carboxylic acids is 2. The third kappa shape index (κ3) is 4.01. The van der Waals surface area contributed by atoms with Crippen molar-refractivity contribution in [1.82, 2.24) is 0 Å². The van der Waals surface area contributed by atoms with Crippen LogP contribution in [0, 0.1) is 22.7 Å². The number of alkyl halides is 2. The molecule has 9 heteroatoms. The van der Waals surface area contributed by atoms with Crippen molar-refractivity contribution in [2.24, 2.45) is 22.7 Å². The van der Waals surface area contributed by atoms with Crippen molar-refractivity contribution >= 4 is 17.3 Å². The maximum atomic E-state index is 17.6. The summed E-state index contributed by atoms with van der Waals surface area (Å²) in [7, 11) is 1.88. The van der Waals surface area contributed by atoms with E-state index in [0.29, 0.717) is 5.56 Å². The number of halogens is 2. The number of hydrogen-bond donors (Lipinski definition) is 3. The van der Waals surface area contributed by atoms with Crippen molar-refractivity contribution < 1.29 is 38.1 Å². The molecule has 7 nitrogen and oxygen atoms in total. The van der Waals surface area contributed by atoms with Crippen LogP contribution in [0.25, 0.3) is 0 Å². The van der Waals surface area contributed by atoms with Gasteiger partial charge in [-0.2, -0.15) is 0 Å². The van der Waals surface area contributed by atoms with Crippen LogP contribution in [-0.4, -0.2) is 65.1 Å². The van der Waals surface area contributed by atoms with Crippen molar-refractivity contribution in [2.45, 2.75) is 81.9 Å². The Balaban J connectivity index is 1.21. The van der Waals surface area contributed by atoms with Crippen LogP contribution < -0.4 is 5.32 Å². The van der Waals surface area contributed by atoms with Crippen LogP contribution in [-0.2, 0) is 19.1 Å². The van der Waals surface area contributed by atoms with E-state index in [2.05, 4.69) is 24.4 Å². The lowest BCUT2D eigenvalue weighted by Crippen LogP contribution is -2.70. The maximum absolute atomic E-state index is 17.6. The number of ketones is 2. The average molecular weight is 634 g/mol. The molecule has 2 aromatic rings. The fraction of sp³-hybridized carbons (Fsp3) is 0.514. The van der Waals surface area contributed by atoms with Crippen molar-refractivity contribution in [2.75, 3.05) is 19.0 Å². The molecule has 7 rings (SSSR count). The molecule has 4 fully saturated rings. The summed E-state index contributed by atoms with van der Waals surface area (Å²) < 4.78 is 46.5. The van der Waals surface area contributed by atoms with E-state index in [1.54, 1.807) is 13.8 Å². The molecule has 1 aliphatic heterocycles. The number of ether oxygens (including phenoxy) is 2. The first-order chi connectivity index (χ1) is 21.8. The van der Waals surface area contributed by atoms with Crippen molar-refractivity contribution in [3.63, 3.8) is 0 Å². The molecular formula is C37H41F2NO6. The van der Waals surface area contributed by atoms with E-state index in [1.165, 1.54) is 12.2 Å². The maximum Gasteiger partial charge on any atom is 0.193 e. The van der Waals surface area contributed by atoms with Gasteiger partial charge in [0, 0.05) is 41.0 Å². The smallest absolute Gasteiger partial charge is 0.193 e. The summed E-state index contributed by atoms with van der Waals surface area (Å²) >= 11 is 0. The lowest BCUT2D eigenvalue weighted by atomic mass is 9.44. The molecule has 3 saturated carbocycles. The topological polar surface area (TPSA) is 105 Å². The minimum Gasteiger partial charge on any atom is -0.390 e. The van der Waals surface area contributed by atoms with Crippen LogP contribution in [0.5, 0.6) is 0 Å². The molecule has 2 aromatic carbocycles. The number of carbonyl (C=O) groups is 2. The highest BCUT2D eigenvalue weighted by atomic mass is 19.1. The molecular weight excluding hydrogens is 592 g/mol. The van der Waals surface area contributed by atoms with E-state index < -0.39 is 76.8 Å². The Kier molecular flexibility index (Phi) is 7.25. The van der Waals surface area contributed by atoms with E-state index in [-0.39, 0.29) is 30.8 Å². The Bertz CT molecular complexity index is 1640. The molecule has 5 aliphatic rings.